The summed E-state index contributed by atoms with van der Waals surface area (Å²) in [7, 11) is 0. The van der Waals surface area contributed by atoms with Gasteiger partial charge in [0.25, 0.3) is 0 Å². The monoisotopic (exact) mass is 365 g/mol. The molecule has 0 unspecified atom stereocenters. The number of nitrogens with zero attached hydrogens (tertiary/aromatic N) is 1. The second kappa shape index (κ2) is 5.95. The maximum Gasteiger partial charge on any atom is 0.152 e. The molecule has 0 aliphatic heterocycles. The first-order valence-corrected chi connectivity index (χ1v) is 7.58. The topological polar surface area (TPSA) is 53.9 Å². The second-order valence-corrected chi connectivity index (χ2v) is 5.95. The van der Waals surface area contributed by atoms with Crippen molar-refractivity contribution in [1.82, 2.24) is 10.2 Å². The van der Waals surface area contributed by atoms with Crippen molar-refractivity contribution >= 4 is 33.2 Å². The first-order chi connectivity index (χ1) is 10.1. The molecular formula is C15H13BrClN3O. The molecule has 0 saturated carbocycles. The Hall–Kier alpha value is -1.72. The minimum atomic E-state index is 0.616. The van der Waals surface area contributed by atoms with Crippen LogP contribution in [0.5, 0.6) is 0 Å². The minimum Gasteiger partial charge on any atom is -0.460 e. The molecule has 0 bridgehead atoms. The first kappa shape index (κ1) is 14.2. The molecule has 3 aromatic rings. The van der Waals surface area contributed by atoms with E-state index in [1.165, 1.54) is 0 Å². The number of aromatic nitrogens is 2. The highest BCUT2D eigenvalue weighted by Gasteiger charge is 2.11. The molecule has 0 radical (unpaired) electrons. The maximum absolute atomic E-state index is 6.01. The van der Waals surface area contributed by atoms with Gasteiger partial charge in [0.15, 0.2) is 5.76 Å². The van der Waals surface area contributed by atoms with E-state index in [1.807, 2.05) is 37.3 Å². The molecule has 0 aliphatic carbocycles. The van der Waals surface area contributed by atoms with Crippen LogP contribution in [0.4, 0.5) is 5.69 Å². The van der Waals surface area contributed by atoms with Gasteiger partial charge in [0.1, 0.15) is 11.5 Å². The summed E-state index contributed by atoms with van der Waals surface area (Å²) >= 11 is 9.51. The van der Waals surface area contributed by atoms with Crippen LogP contribution in [-0.2, 0) is 6.54 Å². The maximum atomic E-state index is 6.01. The lowest BCUT2D eigenvalue weighted by Crippen LogP contribution is -2.00. The third-order valence-corrected chi connectivity index (χ3v) is 4.03. The molecule has 2 N–H and O–H groups in total. The zero-order valence-corrected chi connectivity index (χ0v) is 13.6. The summed E-state index contributed by atoms with van der Waals surface area (Å²) in [6.45, 7) is 2.53. The number of aryl methyl sites for hydroxylation is 1. The van der Waals surface area contributed by atoms with Crippen LogP contribution in [-0.4, -0.2) is 10.2 Å². The number of hydrogen-bond acceptors (Lipinski definition) is 3. The molecule has 0 aliphatic rings. The summed E-state index contributed by atoms with van der Waals surface area (Å²) in [5.74, 6) is 1.66. The van der Waals surface area contributed by atoms with Gasteiger partial charge in [0.05, 0.1) is 11.9 Å². The predicted octanol–water partition coefficient (Wildman–Crippen LogP) is 5.01. The van der Waals surface area contributed by atoms with Crippen molar-refractivity contribution in [2.75, 3.05) is 5.32 Å². The zero-order valence-electron chi connectivity index (χ0n) is 11.3. The van der Waals surface area contributed by atoms with E-state index in [9.17, 15) is 0 Å². The molecule has 108 valence electrons. The van der Waals surface area contributed by atoms with E-state index >= 15 is 0 Å². The van der Waals surface area contributed by atoms with Gasteiger partial charge < -0.3 is 9.73 Å². The Morgan fingerprint density at radius 3 is 2.95 bits per heavy atom. The van der Waals surface area contributed by atoms with Crippen LogP contribution in [0.1, 0.15) is 11.3 Å². The van der Waals surface area contributed by atoms with E-state index in [2.05, 4.69) is 31.4 Å². The van der Waals surface area contributed by atoms with E-state index < -0.39 is 0 Å². The van der Waals surface area contributed by atoms with Crippen LogP contribution < -0.4 is 5.32 Å². The van der Waals surface area contributed by atoms with Gasteiger partial charge >= 0.3 is 0 Å². The molecule has 1 aromatic carbocycles. The van der Waals surface area contributed by atoms with Gasteiger partial charge in [-0.3, -0.25) is 5.10 Å². The van der Waals surface area contributed by atoms with Crippen LogP contribution >= 0.6 is 27.5 Å². The van der Waals surface area contributed by atoms with E-state index in [0.29, 0.717) is 11.6 Å². The zero-order chi connectivity index (χ0) is 14.8. The lowest BCUT2D eigenvalue weighted by molar-refractivity contribution is 0.545. The highest BCUT2D eigenvalue weighted by Crippen LogP contribution is 2.28. The van der Waals surface area contributed by atoms with E-state index in [0.717, 1.165) is 32.9 Å². The van der Waals surface area contributed by atoms with E-state index in [1.54, 1.807) is 6.20 Å². The Labute approximate surface area is 135 Å². The van der Waals surface area contributed by atoms with Gasteiger partial charge in [-0.15, -0.1) is 0 Å². The van der Waals surface area contributed by atoms with Crippen molar-refractivity contribution < 1.29 is 4.42 Å². The predicted molar refractivity (Wildman–Crippen MR) is 87.5 cm³/mol. The molecule has 0 fully saturated rings. The SMILES string of the molecule is Cc1ccc(-c2[nH]ncc2CNc2cc(Cl)ccc2Br)o1. The van der Waals surface area contributed by atoms with Crippen LogP contribution in [0.15, 0.2) is 45.4 Å². The fraction of sp³-hybridized carbons (Fsp3) is 0.133. The van der Waals surface area contributed by atoms with Crippen molar-refractivity contribution in [3.63, 3.8) is 0 Å². The third kappa shape index (κ3) is 3.14. The van der Waals surface area contributed by atoms with Crippen LogP contribution in [0, 0.1) is 6.92 Å². The van der Waals surface area contributed by atoms with Crippen molar-refractivity contribution in [1.29, 1.82) is 0 Å². The summed E-state index contributed by atoms with van der Waals surface area (Å²) in [6.07, 6.45) is 1.79. The average molecular weight is 367 g/mol. The average Bonchev–Trinajstić information content (AvgIpc) is 3.08. The molecule has 0 atom stereocenters. The molecule has 0 saturated heterocycles. The van der Waals surface area contributed by atoms with E-state index in [4.69, 9.17) is 16.0 Å². The number of hydrogen-bond donors (Lipinski definition) is 2. The van der Waals surface area contributed by atoms with Crippen LogP contribution in [0.2, 0.25) is 5.02 Å². The molecule has 4 nitrogen and oxygen atoms in total. The summed E-state index contributed by atoms with van der Waals surface area (Å²) in [6, 6.07) is 9.49. The third-order valence-electron chi connectivity index (χ3n) is 3.10. The smallest absolute Gasteiger partial charge is 0.152 e. The Morgan fingerprint density at radius 1 is 1.33 bits per heavy atom. The Balaban J connectivity index is 1.80. The lowest BCUT2D eigenvalue weighted by atomic mass is 10.2. The number of nitrogens with one attached hydrogen (secondary N) is 2. The van der Waals surface area contributed by atoms with Gasteiger partial charge in [0.2, 0.25) is 0 Å². The van der Waals surface area contributed by atoms with Crippen LogP contribution in [0.3, 0.4) is 0 Å². The number of aromatic amines is 1. The molecular weight excluding hydrogens is 354 g/mol. The molecule has 2 aromatic heterocycles. The van der Waals surface area contributed by atoms with Crippen molar-refractivity contribution in [3.05, 3.63) is 57.3 Å². The van der Waals surface area contributed by atoms with Gasteiger partial charge in [-0.2, -0.15) is 5.10 Å². The molecule has 0 amide bonds. The minimum absolute atomic E-state index is 0.616. The summed E-state index contributed by atoms with van der Waals surface area (Å²) < 4.78 is 6.60. The van der Waals surface area contributed by atoms with Crippen molar-refractivity contribution in [2.45, 2.75) is 13.5 Å². The number of H-pyrrole nitrogens is 1. The number of benzene rings is 1. The highest BCUT2D eigenvalue weighted by molar-refractivity contribution is 9.10. The first-order valence-electron chi connectivity index (χ1n) is 6.41. The Morgan fingerprint density at radius 2 is 2.19 bits per heavy atom. The second-order valence-electron chi connectivity index (χ2n) is 4.66. The van der Waals surface area contributed by atoms with E-state index in [-0.39, 0.29) is 0 Å². The Kier molecular flexibility index (Phi) is 4.03. The van der Waals surface area contributed by atoms with Crippen molar-refractivity contribution in [3.8, 4) is 11.5 Å². The normalized spacial score (nSPS) is 10.8. The van der Waals surface area contributed by atoms with Crippen molar-refractivity contribution in [2.24, 2.45) is 0 Å². The van der Waals surface area contributed by atoms with Gasteiger partial charge in [0, 0.05) is 21.6 Å². The molecule has 0 spiro atoms. The lowest BCUT2D eigenvalue weighted by Gasteiger charge is -2.08. The van der Waals surface area contributed by atoms with Gasteiger partial charge in [-0.1, -0.05) is 11.6 Å². The number of furan rings is 1. The summed E-state index contributed by atoms with van der Waals surface area (Å²) in [5.41, 5.74) is 2.84. The molecule has 2 heterocycles. The number of anilines is 1. The van der Waals surface area contributed by atoms with Crippen LogP contribution in [0.25, 0.3) is 11.5 Å². The van der Waals surface area contributed by atoms with Gasteiger partial charge in [-0.05, 0) is 53.2 Å². The Bertz CT molecular complexity index is 766. The molecule has 21 heavy (non-hydrogen) atoms. The highest BCUT2D eigenvalue weighted by atomic mass is 79.9. The molecule has 6 heteroatoms. The molecule has 3 rings (SSSR count). The summed E-state index contributed by atoms with van der Waals surface area (Å²) in [5, 5.41) is 11.1. The standard InChI is InChI=1S/C15H13BrClN3O/c1-9-2-5-14(21-9)15-10(8-19-20-15)7-18-13-6-11(17)3-4-12(13)16/h2-6,8,18H,7H2,1H3,(H,19,20). The fourth-order valence-electron chi connectivity index (χ4n) is 2.05. The summed E-state index contributed by atoms with van der Waals surface area (Å²) in [4.78, 5) is 0. The quantitative estimate of drug-likeness (QED) is 0.682. The number of rotatable bonds is 4. The largest absolute Gasteiger partial charge is 0.460 e. The number of halogens is 2. The fourth-order valence-corrected chi connectivity index (χ4v) is 2.61. The van der Waals surface area contributed by atoms with Gasteiger partial charge in [-0.25, -0.2) is 0 Å².